The minimum Gasteiger partial charge on any atom is -0.309 e. The molecule has 6 heteroatoms. The van der Waals surface area contributed by atoms with Crippen LogP contribution in [0.5, 0.6) is 0 Å². The topological polar surface area (TPSA) is 67.3 Å². The summed E-state index contributed by atoms with van der Waals surface area (Å²) in [6, 6.07) is 73.1. The van der Waals surface area contributed by atoms with Gasteiger partial charge in [-0.25, -0.2) is 0 Å². The molecule has 4 heterocycles. The van der Waals surface area contributed by atoms with Crippen molar-refractivity contribution in [3.8, 4) is 34.9 Å². The second-order valence-electron chi connectivity index (χ2n) is 15.9. The number of hydrogen-bond donors (Lipinski definition) is 0. The predicted molar refractivity (Wildman–Crippen MR) is 253 cm³/mol. The van der Waals surface area contributed by atoms with Crippen molar-refractivity contribution >= 4 is 87.2 Å². The van der Waals surface area contributed by atoms with Crippen LogP contribution in [0.25, 0.3) is 110 Å². The molecule has 0 amide bonds. The Morgan fingerprint density at radius 3 is 1.06 bits per heavy atom. The van der Waals surface area contributed by atoms with Gasteiger partial charge in [-0.05, 0) is 84.9 Å². The monoisotopic (exact) mass is 788 g/mol. The average molecular weight is 789 g/mol. The Bertz CT molecular complexity index is 4110. The standard InChI is InChI=1S/C56H32N6/c57-33-35-27-28-51(61-49-25-13-9-21-40(49)44-29-52-42(31-54(44)61)38-19-7-11-23-47(38)59(52)36-15-3-1-4-16-36)56(46(35)34-58)62-50-26-14-10-22-41(50)45-30-53-43(32-55(45)62)39-20-8-12-24-48(39)60(53)37-17-5-2-6-18-37/h1-32H. The summed E-state index contributed by atoms with van der Waals surface area (Å²) in [6.45, 7) is 0. The summed E-state index contributed by atoms with van der Waals surface area (Å²) in [5, 5.41) is 30.7. The van der Waals surface area contributed by atoms with Gasteiger partial charge in [0.1, 0.15) is 12.1 Å². The molecule has 0 radical (unpaired) electrons. The van der Waals surface area contributed by atoms with Crippen LogP contribution in [0.15, 0.2) is 194 Å². The first kappa shape index (κ1) is 34.1. The summed E-state index contributed by atoms with van der Waals surface area (Å²) in [4.78, 5) is 0. The zero-order chi connectivity index (χ0) is 41.1. The molecule has 4 aromatic heterocycles. The third-order valence-corrected chi connectivity index (χ3v) is 12.8. The number of nitriles is 2. The minimum atomic E-state index is 0.326. The van der Waals surface area contributed by atoms with Crippen LogP contribution in [0.2, 0.25) is 0 Å². The van der Waals surface area contributed by atoms with Gasteiger partial charge in [0.25, 0.3) is 0 Å². The largest absolute Gasteiger partial charge is 0.309 e. The maximum Gasteiger partial charge on any atom is 0.103 e. The highest BCUT2D eigenvalue weighted by atomic mass is 15.1. The number of hydrogen-bond acceptors (Lipinski definition) is 2. The Morgan fingerprint density at radius 1 is 0.290 bits per heavy atom. The highest BCUT2D eigenvalue weighted by Crippen LogP contribution is 2.44. The van der Waals surface area contributed by atoms with E-state index >= 15 is 0 Å². The molecule has 13 aromatic rings. The zero-order valence-corrected chi connectivity index (χ0v) is 33.2. The lowest BCUT2D eigenvalue weighted by Crippen LogP contribution is -2.07. The smallest absolute Gasteiger partial charge is 0.103 e. The normalized spacial score (nSPS) is 11.8. The van der Waals surface area contributed by atoms with Gasteiger partial charge in [-0.15, -0.1) is 0 Å². The number of benzene rings is 9. The van der Waals surface area contributed by atoms with Crippen molar-refractivity contribution in [3.05, 3.63) is 205 Å². The van der Waals surface area contributed by atoms with Crippen LogP contribution in [0, 0.1) is 22.7 Å². The summed E-state index contributed by atoms with van der Waals surface area (Å²) >= 11 is 0. The van der Waals surface area contributed by atoms with Gasteiger partial charge in [0.2, 0.25) is 0 Å². The van der Waals surface area contributed by atoms with Crippen molar-refractivity contribution < 1.29 is 0 Å². The maximum atomic E-state index is 11.2. The summed E-state index contributed by atoms with van der Waals surface area (Å²) in [7, 11) is 0. The minimum absolute atomic E-state index is 0.326. The first-order chi connectivity index (χ1) is 30.7. The van der Waals surface area contributed by atoms with Gasteiger partial charge in [0.15, 0.2) is 0 Å². The highest BCUT2D eigenvalue weighted by Gasteiger charge is 2.26. The van der Waals surface area contributed by atoms with Gasteiger partial charge in [0.05, 0.1) is 66.6 Å². The molecule has 0 saturated heterocycles. The first-order valence-electron chi connectivity index (χ1n) is 20.7. The summed E-state index contributed by atoms with van der Waals surface area (Å²) in [5.41, 5.74) is 12.7. The molecule has 0 fully saturated rings. The Kier molecular flexibility index (Phi) is 7.05. The number of nitrogens with zero attached hydrogens (tertiary/aromatic N) is 6. The fourth-order valence-electron chi connectivity index (χ4n) is 10.3. The predicted octanol–water partition coefficient (Wildman–Crippen LogP) is 13.8. The maximum absolute atomic E-state index is 11.2. The Balaban J connectivity index is 1.19. The summed E-state index contributed by atoms with van der Waals surface area (Å²) in [5.74, 6) is 0. The van der Waals surface area contributed by atoms with Crippen LogP contribution in [0.1, 0.15) is 11.1 Å². The Labute approximate surface area is 354 Å². The van der Waals surface area contributed by atoms with Crippen LogP contribution in [0.3, 0.4) is 0 Å². The van der Waals surface area contributed by atoms with E-state index in [4.69, 9.17) is 0 Å². The van der Waals surface area contributed by atoms with E-state index in [-0.39, 0.29) is 0 Å². The number of rotatable bonds is 4. The highest BCUT2D eigenvalue weighted by molar-refractivity contribution is 6.21. The second-order valence-corrected chi connectivity index (χ2v) is 15.9. The zero-order valence-electron chi connectivity index (χ0n) is 33.2. The summed E-state index contributed by atoms with van der Waals surface area (Å²) in [6.07, 6.45) is 0. The van der Waals surface area contributed by atoms with E-state index in [9.17, 15) is 10.5 Å². The van der Waals surface area contributed by atoms with Crippen molar-refractivity contribution in [2.45, 2.75) is 0 Å². The van der Waals surface area contributed by atoms with Crippen molar-refractivity contribution in [1.82, 2.24) is 18.3 Å². The van der Waals surface area contributed by atoms with Crippen LogP contribution in [-0.4, -0.2) is 18.3 Å². The molecule has 62 heavy (non-hydrogen) atoms. The Morgan fingerprint density at radius 2 is 0.645 bits per heavy atom. The van der Waals surface area contributed by atoms with E-state index in [0.717, 1.165) is 104 Å². The fraction of sp³-hybridized carbons (Fsp3) is 0. The van der Waals surface area contributed by atoms with Crippen molar-refractivity contribution in [2.24, 2.45) is 0 Å². The van der Waals surface area contributed by atoms with Crippen LogP contribution >= 0.6 is 0 Å². The molecular weight excluding hydrogens is 757 g/mol. The molecule has 6 nitrogen and oxygen atoms in total. The quantitative estimate of drug-likeness (QED) is 0.178. The lowest BCUT2D eigenvalue weighted by Gasteiger charge is -2.19. The summed E-state index contributed by atoms with van der Waals surface area (Å²) < 4.78 is 9.22. The van der Waals surface area contributed by atoms with Gasteiger partial charge in [-0.1, -0.05) is 109 Å². The molecule has 0 saturated carbocycles. The molecule has 0 atom stereocenters. The lowest BCUT2D eigenvalue weighted by molar-refractivity contribution is 1.09. The first-order valence-corrected chi connectivity index (χ1v) is 20.7. The number of fused-ring (bicyclic) bond motifs is 12. The molecule has 0 aliphatic rings. The van der Waals surface area contributed by atoms with Gasteiger partial charge < -0.3 is 18.3 Å². The van der Waals surface area contributed by atoms with Crippen molar-refractivity contribution in [2.75, 3.05) is 0 Å². The van der Waals surface area contributed by atoms with E-state index in [1.807, 2.05) is 12.1 Å². The molecule has 0 bridgehead atoms. The molecule has 0 N–H and O–H groups in total. The number of aromatic nitrogens is 4. The van der Waals surface area contributed by atoms with Gasteiger partial charge >= 0.3 is 0 Å². The van der Waals surface area contributed by atoms with E-state index in [0.29, 0.717) is 16.8 Å². The molecule has 0 aliphatic carbocycles. The lowest BCUT2D eigenvalue weighted by atomic mass is 10.0. The van der Waals surface area contributed by atoms with E-state index < -0.39 is 0 Å². The van der Waals surface area contributed by atoms with Crippen LogP contribution in [0.4, 0.5) is 0 Å². The second kappa shape index (κ2) is 12.8. The van der Waals surface area contributed by atoms with Gasteiger partial charge in [-0.3, -0.25) is 0 Å². The third-order valence-electron chi connectivity index (χ3n) is 12.8. The number of para-hydroxylation sites is 6. The van der Waals surface area contributed by atoms with Crippen LogP contribution in [-0.2, 0) is 0 Å². The molecule has 0 aliphatic heterocycles. The van der Waals surface area contributed by atoms with Gasteiger partial charge in [0, 0.05) is 54.5 Å². The molecule has 286 valence electrons. The van der Waals surface area contributed by atoms with Crippen molar-refractivity contribution in [3.63, 3.8) is 0 Å². The molecule has 13 rings (SSSR count). The van der Waals surface area contributed by atoms with Crippen molar-refractivity contribution in [1.29, 1.82) is 10.5 Å². The SMILES string of the molecule is N#Cc1ccc(-n2c3ccccc3c3cc4c(cc32)c2ccccc2n4-c2ccccc2)c(-n2c3ccccc3c3cc4c(cc32)c2ccccc2n4-c2ccccc2)c1C#N. The molecular formula is C56H32N6. The van der Waals surface area contributed by atoms with Gasteiger partial charge in [-0.2, -0.15) is 10.5 Å². The van der Waals surface area contributed by atoms with Crippen LogP contribution < -0.4 is 0 Å². The van der Waals surface area contributed by atoms with E-state index in [1.165, 1.54) is 0 Å². The van der Waals surface area contributed by atoms with E-state index in [2.05, 4.69) is 206 Å². The third kappa shape index (κ3) is 4.55. The Hall–Kier alpha value is -8.84. The molecule has 9 aromatic carbocycles. The van der Waals surface area contributed by atoms with E-state index in [1.54, 1.807) is 6.07 Å². The fourth-order valence-corrected chi connectivity index (χ4v) is 10.3. The molecule has 0 spiro atoms. The average Bonchev–Trinajstić information content (AvgIpc) is 4.04. The molecule has 0 unspecified atom stereocenters.